The zero-order valence-electron chi connectivity index (χ0n) is 15.8. The summed E-state index contributed by atoms with van der Waals surface area (Å²) in [6, 6.07) is 6.70. The molecule has 11 heteroatoms. The van der Waals surface area contributed by atoms with E-state index in [1.54, 1.807) is 0 Å². The lowest BCUT2D eigenvalue weighted by atomic mass is 9.98. The third kappa shape index (κ3) is 5.32. The summed E-state index contributed by atoms with van der Waals surface area (Å²) >= 11 is 5.76. The number of halogens is 2. The first-order valence-electron chi connectivity index (χ1n) is 9.09. The quantitative estimate of drug-likeness (QED) is 0.671. The Labute approximate surface area is 178 Å². The summed E-state index contributed by atoms with van der Waals surface area (Å²) in [5, 5.41) is 2.53. The van der Waals surface area contributed by atoms with E-state index in [2.05, 4.69) is 10.3 Å². The molecule has 0 atom stereocenters. The number of piperidine rings is 1. The fourth-order valence-electron chi connectivity index (χ4n) is 3.01. The lowest BCUT2D eigenvalue weighted by Gasteiger charge is -2.29. The van der Waals surface area contributed by atoms with Crippen LogP contribution in [0.2, 0.25) is 5.02 Å². The molecule has 0 unspecified atom stereocenters. The van der Waals surface area contributed by atoms with Crippen molar-refractivity contribution >= 4 is 39.2 Å². The number of amides is 1. The monoisotopic (exact) mass is 455 g/mol. The number of hydrogen-bond acceptors (Lipinski definition) is 6. The molecule has 1 saturated heterocycles. The van der Waals surface area contributed by atoms with Crippen molar-refractivity contribution < 1.29 is 27.1 Å². The zero-order chi connectivity index (χ0) is 21.7. The van der Waals surface area contributed by atoms with Gasteiger partial charge in [0.1, 0.15) is 10.7 Å². The van der Waals surface area contributed by atoms with Crippen LogP contribution in [0.3, 0.4) is 0 Å². The summed E-state index contributed by atoms with van der Waals surface area (Å²) < 4.78 is 45.1. The van der Waals surface area contributed by atoms with E-state index in [4.69, 9.17) is 16.3 Å². The molecule has 1 amide bonds. The van der Waals surface area contributed by atoms with E-state index >= 15 is 0 Å². The number of nitrogens with one attached hydrogen (secondary N) is 1. The lowest BCUT2D eigenvalue weighted by molar-refractivity contribution is -0.152. The van der Waals surface area contributed by atoms with E-state index in [0.29, 0.717) is 0 Å². The molecular formula is C19H19ClFN3O5S. The van der Waals surface area contributed by atoms with Gasteiger partial charge < -0.3 is 10.1 Å². The summed E-state index contributed by atoms with van der Waals surface area (Å²) in [6.07, 6.45) is 3.29. The Hall–Kier alpha value is -2.56. The van der Waals surface area contributed by atoms with E-state index in [0.717, 1.165) is 6.07 Å². The number of rotatable bonds is 6. The Morgan fingerprint density at radius 1 is 1.27 bits per heavy atom. The molecule has 2 aromatic rings. The fraction of sp³-hybridized carbons (Fsp3) is 0.316. The predicted octanol–water partition coefficient (Wildman–Crippen LogP) is 2.46. The molecule has 1 aliphatic heterocycles. The molecule has 1 aromatic carbocycles. The molecule has 1 aliphatic rings. The number of carbonyl (C=O) groups excluding carboxylic acids is 2. The Balaban J connectivity index is 1.48. The van der Waals surface area contributed by atoms with Gasteiger partial charge in [0.2, 0.25) is 10.0 Å². The van der Waals surface area contributed by atoms with Gasteiger partial charge in [0.05, 0.1) is 11.6 Å². The highest BCUT2D eigenvalue weighted by atomic mass is 35.5. The average Bonchev–Trinajstić information content (AvgIpc) is 2.75. The number of aromatic nitrogens is 1. The smallest absolute Gasteiger partial charge is 0.309 e. The van der Waals surface area contributed by atoms with Gasteiger partial charge in [-0.15, -0.1) is 0 Å². The van der Waals surface area contributed by atoms with Crippen molar-refractivity contribution in [1.82, 2.24) is 9.29 Å². The predicted molar refractivity (Wildman–Crippen MR) is 107 cm³/mol. The normalized spacial score (nSPS) is 15.5. The van der Waals surface area contributed by atoms with Crippen molar-refractivity contribution in [2.45, 2.75) is 17.7 Å². The van der Waals surface area contributed by atoms with E-state index in [1.807, 2.05) is 0 Å². The van der Waals surface area contributed by atoms with E-state index in [1.165, 1.54) is 41.0 Å². The van der Waals surface area contributed by atoms with Crippen LogP contribution in [0.1, 0.15) is 12.8 Å². The van der Waals surface area contributed by atoms with Crippen molar-refractivity contribution in [3.05, 3.63) is 53.6 Å². The molecule has 0 bridgehead atoms. The molecule has 30 heavy (non-hydrogen) atoms. The second-order valence-electron chi connectivity index (χ2n) is 6.65. The van der Waals surface area contributed by atoms with Gasteiger partial charge in [0.25, 0.3) is 5.91 Å². The maximum atomic E-state index is 13.6. The van der Waals surface area contributed by atoms with Gasteiger partial charge in [-0.1, -0.05) is 11.6 Å². The second-order valence-corrected chi connectivity index (χ2v) is 9.02. The summed E-state index contributed by atoms with van der Waals surface area (Å²) in [5.74, 6) is -2.50. The molecule has 3 rings (SSSR count). The van der Waals surface area contributed by atoms with Crippen molar-refractivity contribution in [3.63, 3.8) is 0 Å². The van der Waals surface area contributed by atoms with Gasteiger partial charge in [-0.05, 0) is 43.2 Å². The number of ether oxygens (including phenoxy) is 1. The molecule has 160 valence electrons. The van der Waals surface area contributed by atoms with Gasteiger partial charge in [-0.3, -0.25) is 14.6 Å². The van der Waals surface area contributed by atoms with Gasteiger partial charge in [0.15, 0.2) is 6.61 Å². The minimum absolute atomic E-state index is 0.0935. The molecule has 0 spiro atoms. The molecule has 1 N–H and O–H groups in total. The number of pyridine rings is 1. The summed E-state index contributed by atoms with van der Waals surface area (Å²) in [7, 11) is -3.67. The number of hydrogen-bond donors (Lipinski definition) is 1. The van der Waals surface area contributed by atoms with E-state index < -0.39 is 40.2 Å². The van der Waals surface area contributed by atoms with Gasteiger partial charge in [-0.2, -0.15) is 4.31 Å². The topological polar surface area (TPSA) is 106 Å². The third-order valence-corrected chi connectivity index (χ3v) is 6.72. The first-order chi connectivity index (χ1) is 14.3. The third-order valence-electron chi connectivity index (χ3n) is 4.61. The van der Waals surface area contributed by atoms with Crippen molar-refractivity contribution in [1.29, 1.82) is 0 Å². The van der Waals surface area contributed by atoms with Crippen LogP contribution in [0.15, 0.2) is 47.6 Å². The maximum Gasteiger partial charge on any atom is 0.309 e. The first kappa shape index (κ1) is 22.1. The second kappa shape index (κ2) is 9.50. The van der Waals surface area contributed by atoms with Crippen LogP contribution < -0.4 is 5.32 Å². The van der Waals surface area contributed by atoms with Crippen molar-refractivity contribution in [2.24, 2.45) is 5.92 Å². The van der Waals surface area contributed by atoms with Crippen LogP contribution in [0.4, 0.5) is 10.1 Å². The molecule has 0 saturated carbocycles. The van der Waals surface area contributed by atoms with Gasteiger partial charge in [-0.25, -0.2) is 12.8 Å². The SMILES string of the molecule is O=C(COC(=O)C1CCN(S(=O)(=O)c2cccnc2)CC1)Nc1cc(Cl)ccc1F. The Morgan fingerprint density at radius 3 is 2.67 bits per heavy atom. The zero-order valence-corrected chi connectivity index (χ0v) is 17.3. The maximum absolute atomic E-state index is 13.6. The van der Waals surface area contributed by atoms with Crippen molar-refractivity contribution in [3.8, 4) is 0 Å². The Kier molecular flexibility index (Phi) is 7.01. The van der Waals surface area contributed by atoms with Crippen molar-refractivity contribution in [2.75, 3.05) is 25.0 Å². The van der Waals surface area contributed by atoms with E-state index in [9.17, 15) is 22.4 Å². The number of nitrogens with zero attached hydrogens (tertiary/aromatic N) is 2. The molecule has 2 heterocycles. The summed E-state index contributed by atoms with van der Waals surface area (Å²) in [5.41, 5.74) is -0.113. The number of sulfonamides is 1. The van der Waals surface area contributed by atoms with Crippen LogP contribution >= 0.6 is 11.6 Å². The minimum atomic E-state index is -3.67. The summed E-state index contributed by atoms with van der Waals surface area (Å²) in [6.45, 7) is -0.285. The molecule has 8 nitrogen and oxygen atoms in total. The van der Waals surface area contributed by atoms with Gasteiger partial charge in [0, 0.05) is 30.5 Å². The minimum Gasteiger partial charge on any atom is -0.455 e. The number of benzene rings is 1. The molecule has 0 radical (unpaired) electrons. The highest BCUT2D eigenvalue weighted by Crippen LogP contribution is 2.24. The Morgan fingerprint density at radius 2 is 2.00 bits per heavy atom. The number of carbonyl (C=O) groups is 2. The highest BCUT2D eigenvalue weighted by molar-refractivity contribution is 7.89. The first-order valence-corrected chi connectivity index (χ1v) is 10.9. The van der Waals surface area contributed by atoms with Crippen LogP contribution in [-0.4, -0.2) is 49.3 Å². The van der Waals surface area contributed by atoms with Crippen LogP contribution in [-0.2, 0) is 24.3 Å². The summed E-state index contributed by atoms with van der Waals surface area (Å²) in [4.78, 5) is 28.1. The van der Waals surface area contributed by atoms with E-state index in [-0.39, 0.29) is 41.5 Å². The van der Waals surface area contributed by atoms with Crippen LogP contribution in [0.5, 0.6) is 0 Å². The number of anilines is 1. The highest BCUT2D eigenvalue weighted by Gasteiger charge is 2.33. The van der Waals surface area contributed by atoms with Gasteiger partial charge >= 0.3 is 5.97 Å². The molecule has 1 fully saturated rings. The fourth-order valence-corrected chi connectivity index (χ4v) is 4.62. The molecule has 0 aliphatic carbocycles. The number of esters is 1. The standard InChI is InChI=1S/C19H19ClFN3O5S/c20-14-3-4-16(21)17(10-14)23-18(25)12-29-19(26)13-5-8-24(9-6-13)30(27,28)15-2-1-7-22-11-15/h1-4,7,10-11,13H,5-6,8-9,12H2,(H,23,25). The Bertz CT molecular complexity index is 1030. The van der Waals surface area contributed by atoms with Crippen LogP contribution in [0, 0.1) is 11.7 Å². The van der Waals surface area contributed by atoms with Crippen LogP contribution in [0.25, 0.3) is 0 Å². The lowest BCUT2D eigenvalue weighted by Crippen LogP contribution is -2.41. The molecule has 1 aromatic heterocycles. The average molecular weight is 456 g/mol. The largest absolute Gasteiger partial charge is 0.455 e. The molecular weight excluding hydrogens is 437 g/mol.